The van der Waals surface area contributed by atoms with Gasteiger partial charge in [-0.2, -0.15) is 5.26 Å². The Morgan fingerprint density at radius 2 is 1.83 bits per heavy atom. The molecule has 0 amide bonds. The summed E-state index contributed by atoms with van der Waals surface area (Å²) in [6.07, 6.45) is 0. The highest BCUT2D eigenvalue weighted by Crippen LogP contribution is 2.33. The molecule has 1 unspecified atom stereocenters. The zero-order chi connectivity index (χ0) is 17.6. The molecule has 0 aliphatic carbocycles. The number of aromatic hydroxyl groups is 1. The lowest BCUT2D eigenvalue weighted by molar-refractivity contribution is 0.465. The van der Waals surface area contributed by atoms with Gasteiger partial charge in [-0.1, -0.05) is 37.0 Å². The van der Waals surface area contributed by atoms with E-state index in [1.807, 2.05) is 13.8 Å². The lowest BCUT2D eigenvalue weighted by atomic mass is 10.0. The van der Waals surface area contributed by atoms with E-state index in [-0.39, 0.29) is 10.8 Å². The zero-order valence-corrected chi connectivity index (χ0v) is 14.5. The molecule has 0 aromatic heterocycles. The first-order valence-electron chi connectivity index (χ1n) is 7.00. The monoisotopic (exact) mass is 354 g/mol. The van der Waals surface area contributed by atoms with Crippen molar-refractivity contribution in [1.29, 1.82) is 5.26 Å². The van der Waals surface area contributed by atoms with Gasteiger partial charge in [0.15, 0.2) is 0 Å². The van der Waals surface area contributed by atoms with Gasteiger partial charge in [-0.05, 0) is 36.4 Å². The third-order valence-corrected chi connectivity index (χ3v) is 3.63. The smallest absolute Gasteiger partial charge is 0.146 e. The van der Waals surface area contributed by atoms with Crippen molar-refractivity contribution in [3.63, 3.8) is 0 Å². The second-order valence-electron chi connectivity index (χ2n) is 4.44. The maximum atomic E-state index is 13.2. The number of anilines is 1. The van der Waals surface area contributed by atoms with Gasteiger partial charge in [-0.15, -0.1) is 0 Å². The van der Waals surface area contributed by atoms with Crippen LogP contribution < -0.4 is 4.90 Å². The van der Waals surface area contributed by atoms with Crippen molar-refractivity contribution in [2.75, 3.05) is 11.9 Å². The number of hydrogen-bond acceptors (Lipinski definition) is 3. The molecule has 2 aromatic rings. The number of phenolic OH excluding ortho intramolecular Hbond substituents is 1. The first-order chi connectivity index (χ1) is 10.9. The second-order valence-corrected chi connectivity index (χ2v) is 5.29. The van der Waals surface area contributed by atoms with Crippen LogP contribution in [0.1, 0.15) is 25.5 Å². The molecule has 6 heteroatoms. The molecule has 0 aliphatic rings. The molecule has 0 spiro atoms. The minimum atomic E-state index is -0.787. The van der Waals surface area contributed by atoms with E-state index in [4.69, 9.17) is 23.2 Å². The van der Waals surface area contributed by atoms with Crippen LogP contribution in [0.2, 0.25) is 10.0 Å². The standard InChI is InChI=1S/C15H11Cl2FN2O.C2H6/c1-20(10-3-4-13(18)12(17)7-10)14(8-19)11-6-9(16)2-5-15(11)21;1-2/h2-7,14,21H,1H3;1-2H3. The van der Waals surface area contributed by atoms with E-state index >= 15 is 0 Å². The van der Waals surface area contributed by atoms with Crippen LogP contribution in [-0.2, 0) is 0 Å². The lowest BCUT2D eigenvalue weighted by Crippen LogP contribution is -2.23. The summed E-state index contributed by atoms with van der Waals surface area (Å²) in [6, 6.07) is 9.93. The fourth-order valence-corrected chi connectivity index (χ4v) is 2.32. The van der Waals surface area contributed by atoms with E-state index in [9.17, 15) is 14.8 Å². The molecule has 0 bridgehead atoms. The number of rotatable bonds is 3. The van der Waals surface area contributed by atoms with Crippen molar-refractivity contribution in [2.45, 2.75) is 19.9 Å². The Morgan fingerprint density at radius 1 is 1.17 bits per heavy atom. The van der Waals surface area contributed by atoms with Gasteiger partial charge in [0.2, 0.25) is 0 Å². The van der Waals surface area contributed by atoms with Gasteiger partial charge in [-0.3, -0.25) is 0 Å². The average Bonchev–Trinajstić information content (AvgIpc) is 2.55. The highest BCUT2D eigenvalue weighted by Gasteiger charge is 2.21. The fraction of sp³-hybridized carbons (Fsp3) is 0.235. The van der Waals surface area contributed by atoms with Gasteiger partial charge in [-0.25, -0.2) is 4.39 Å². The summed E-state index contributed by atoms with van der Waals surface area (Å²) < 4.78 is 13.2. The van der Waals surface area contributed by atoms with Gasteiger partial charge in [0.25, 0.3) is 0 Å². The van der Waals surface area contributed by atoms with Crippen LogP contribution in [0.15, 0.2) is 36.4 Å². The Hall–Kier alpha value is -1.96. The van der Waals surface area contributed by atoms with Gasteiger partial charge in [0.05, 0.1) is 11.1 Å². The van der Waals surface area contributed by atoms with Crippen molar-refractivity contribution in [3.05, 3.63) is 57.8 Å². The zero-order valence-electron chi connectivity index (χ0n) is 13.0. The summed E-state index contributed by atoms with van der Waals surface area (Å²) in [4.78, 5) is 1.58. The number of halogens is 3. The summed E-state index contributed by atoms with van der Waals surface area (Å²) in [5, 5.41) is 19.7. The van der Waals surface area contributed by atoms with Crippen LogP contribution >= 0.6 is 23.2 Å². The molecule has 2 rings (SSSR count). The maximum Gasteiger partial charge on any atom is 0.146 e. The van der Waals surface area contributed by atoms with Crippen molar-refractivity contribution >= 4 is 28.9 Å². The van der Waals surface area contributed by atoms with Crippen LogP contribution in [0.3, 0.4) is 0 Å². The van der Waals surface area contributed by atoms with Crippen LogP contribution in [-0.4, -0.2) is 12.2 Å². The molecule has 0 radical (unpaired) electrons. The third-order valence-electron chi connectivity index (χ3n) is 3.10. The molecule has 0 aliphatic heterocycles. The molecule has 2 aromatic carbocycles. The fourth-order valence-electron chi connectivity index (χ4n) is 1.96. The highest BCUT2D eigenvalue weighted by molar-refractivity contribution is 6.31. The first-order valence-corrected chi connectivity index (χ1v) is 7.75. The molecule has 0 saturated carbocycles. The van der Waals surface area contributed by atoms with E-state index in [1.54, 1.807) is 11.9 Å². The van der Waals surface area contributed by atoms with Crippen molar-refractivity contribution < 1.29 is 9.50 Å². The molecule has 0 fully saturated rings. The summed E-state index contributed by atoms with van der Waals surface area (Å²) in [5.41, 5.74) is 0.917. The average molecular weight is 355 g/mol. The molecule has 3 nitrogen and oxygen atoms in total. The molecule has 0 saturated heterocycles. The van der Waals surface area contributed by atoms with Crippen molar-refractivity contribution in [1.82, 2.24) is 0 Å². The Bertz CT molecular complexity index is 716. The Kier molecular flexibility index (Phi) is 7.15. The lowest BCUT2D eigenvalue weighted by Gasteiger charge is -2.26. The van der Waals surface area contributed by atoms with E-state index in [0.717, 1.165) is 0 Å². The van der Waals surface area contributed by atoms with E-state index in [1.165, 1.54) is 36.4 Å². The van der Waals surface area contributed by atoms with E-state index < -0.39 is 11.9 Å². The number of benzene rings is 2. The summed E-state index contributed by atoms with van der Waals surface area (Å²) >= 11 is 11.7. The normalized spacial score (nSPS) is 11.0. The number of hydrogen-bond donors (Lipinski definition) is 1. The van der Waals surface area contributed by atoms with Crippen molar-refractivity contribution in [3.8, 4) is 11.8 Å². The Balaban J connectivity index is 0.00000127. The number of nitrogens with zero attached hydrogens (tertiary/aromatic N) is 2. The summed E-state index contributed by atoms with van der Waals surface area (Å²) in [6.45, 7) is 4.00. The van der Waals surface area contributed by atoms with Crippen molar-refractivity contribution in [2.24, 2.45) is 0 Å². The minimum absolute atomic E-state index is 0.0358. The van der Waals surface area contributed by atoms with Gasteiger partial charge < -0.3 is 10.0 Å². The van der Waals surface area contributed by atoms with Crippen LogP contribution in [0.4, 0.5) is 10.1 Å². The summed E-state index contributed by atoms with van der Waals surface area (Å²) in [5.74, 6) is -0.570. The number of phenols is 1. The SMILES string of the molecule is CC.CN(c1ccc(F)c(Cl)c1)C(C#N)c1cc(Cl)ccc1O. The molecular formula is C17H17Cl2FN2O. The molecule has 1 N–H and O–H groups in total. The van der Waals surface area contributed by atoms with E-state index in [2.05, 4.69) is 6.07 Å². The maximum absolute atomic E-state index is 13.2. The molecule has 122 valence electrons. The summed E-state index contributed by atoms with van der Waals surface area (Å²) in [7, 11) is 1.65. The quantitative estimate of drug-likeness (QED) is 0.783. The largest absolute Gasteiger partial charge is 0.508 e. The third kappa shape index (κ3) is 4.51. The minimum Gasteiger partial charge on any atom is -0.508 e. The van der Waals surface area contributed by atoms with E-state index in [0.29, 0.717) is 16.3 Å². The Morgan fingerprint density at radius 3 is 2.39 bits per heavy atom. The van der Waals surface area contributed by atoms with Crippen LogP contribution in [0.25, 0.3) is 0 Å². The van der Waals surface area contributed by atoms with Crippen LogP contribution in [0.5, 0.6) is 5.75 Å². The topological polar surface area (TPSA) is 47.3 Å². The predicted octanol–water partition coefficient (Wildman–Crippen LogP) is 5.57. The second kappa shape index (κ2) is 8.61. The van der Waals surface area contributed by atoms with Gasteiger partial charge in [0, 0.05) is 23.3 Å². The predicted molar refractivity (Wildman–Crippen MR) is 92.6 cm³/mol. The van der Waals surface area contributed by atoms with Gasteiger partial charge in [0.1, 0.15) is 17.6 Å². The molecular weight excluding hydrogens is 338 g/mol. The van der Waals surface area contributed by atoms with Gasteiger partial charge >= 0.3 is 0 Å². The van der Waals surface area contributed by atoms with Crippen LogP contribution in [0, 0.1) is 17.1 Å². The Labute approximate surface area is 145 Å². The molecule has 23 heavy (non-hydrogen) atoms. The highest BCUT2D eigenvalue weighted by atomic mass is 35.5. The molecule has 0 heterocycles. The molecule has 1 atom stereocenters. The number of nitriles is 1. The first kappa shape index (κ1) is 19.1.